The van der Waals surface area contributed by atoms with Crippen molar-refractivity contribution in [1.29, 1.82) is 0 Å². The lowest BCUT2D eigenvalue weighted by atomic mass is 9.91. The number of halogens is 1. The summed E-state index contributed by atoms with van der Waals surface area (Å²) < 4.78 is 5.59. The van der Waals surface area contributed by atoms with Gasteiger partial charge in [-0.25, -0.2) is 14.8 Å². The fraction of sp³-hybridized carbons (Fsp3) is 0.500. The molecule has 1 aliphatic rings. The summed E-state index contributed by atoms with van der Waals surface area (Å²) in [5, 5.41) is 15.2. The average molecular weight is 526 g/mol. The summed E-state index contributed by atoms with van der Waals surface area (Å²) in [5.74, 6) is 0.609. The van der Waals surface area contributed by atoms with E-state index in [2.05, 4.69) is 27.2 Å². The third kappa shape index (κ3) is 6.48. The first kappa shape index (κ1) is 27.1. The normalized spacial score (nSPS) is 17.5. The summed E-state index contributed by atoms with van der Waals surface area (Å²) in [6, 6.07) is 6.01. The predicted octanol–water partition coefficient (Wildman–Crippen LogP) is 6.02. The largest absolute Gasteiger partial charge is 0.444 e. The summed E-state index contributed by atoms with van der Waals surface area (Å²) in [7, 11) is 0. The van der Waals surface area contributed by atoms with Crippen LogP contribution in [0.25, 0.3) is 22.0 Å². The molecule has 8 nitrogen and oxygen atoms in total. The number of likely N-dealkylation sites (tertiary alicyclic amines) is 1. The lowest BCUT2D eigenvalue weighted by Gasteiger charge is -2.37. The Bertz CT molecular complexity index is 1270. The van der Waals surface area contributed by atoms with Gasteiger partial charge in [-0.05, 0) is 78.0 Å². The fourth-order valence-electron chi connectivity index (χ4n) is 4.54. The number of hydrogen-bond acceptors (Lipinski definition) is 7. The lowest BCUT2D eigenvalue weighted by Crippen LogP contribution is -2.46. The molecule has 0 bridgehead atoms. The van der Waals surface area contributed by atoms with E-state index >= 15 is 0 Å². The number of fused-ring (bicyclic) bond motifs is 1. The van der Waals surface area contributed by atoms with E-state index in [1.807, 2.05) is 39.0 Å². The number of anilines is 1. The molecule has 1 amide bonds. The van der Waals surface area contributed by atoms with Crippen molar-refractivity contribution in [3.05, 3.63) is 47.6 Å². The van der Waals surface area contributed by atoms with Crippen molar-refractivity contribution in [2.75, 3.05) is 18.4 Å². The predicted molar refractivity (Wildman–Crippen MR) is 147 cm³/mol. The van der Waals surface area contributed by atoms with E-state index < -0.39 is 11.2 Å². The minimum Gasteiger partial charge on any atom is -0.444 e. The standard InChI is InChI=1S/C28H36ClN5O3/c1-17(19-8-7-11-34(16-19)26(35)37-27(2,3)4)33-24-21-12-18(9-10-23(21)30-15-22(24)29)20-13-31-25(32-14-20)28(5,6)36/h9-10,12-15,17,19,36H,7-8,11,16H2,1-6H3,(H,30,33)/t17-,19-/m1/s1. The minimum atomic E-state index is -1.11. The van der Waals surface area contributed by atoms with Gasteiger partial charge in [-0.3, -0.25) is 4.98 Å². The smallest absolute Gasteiger partial charge is 0.410 e. The van der Waals surface area contributed by atoms with Gasteiger partial charge in [0.2, 0.25) is 0 Å². The molecule has 4 rings (SSSR count). The van der Waals surface area contributed by atoms with Crippen molar-refractivity contribution >= 4 is 34.3 Å². The van der Waals surface area contributed by atoms with Crippen molar-refractivity contribution in [2.24, 2.45) is 5.92 Å². The van der Waals surface area contributed by atoms with E-state index in [9.17, 15) is 9.90 Å². The SMILES string of the molecule is C[C@@H](Nc1c(Cl)cnc2ccc(-c3cnc(C(C)(C)O)nc3)cc12)[C@@H]1CCCN(C(=O)OC(C)(C)C)C1. The summed E-state index contributed by atoms with van der Waals surface area (Å²) in [6.45, 7) is 12.4. The Hall–Kier alpha value is -2.97. The molecular weight excluding hydrogens is 490 g/mol. The Morgan fingerprint density at radius 1 is 1.14 bits per heavy atom. The number of amides is 1. The quantitative estimate of drug-likeness (QED) is 0.420. The van der Waals surface area contributed by atoms with Gasteiger partial charge >= 0.3 is 6.09 Å². The maximum atomic E-state index is 12.6. The van der Waals surface area contributed by atoms with E-state index in [0.717, 1.165) is 40.6 Å². The van der Waals surface area contributed by atoms with Gasteiger partial charge in [-0.1, -0.05) is 17.7 Å². The molecule has 0 unspecified atom stereocenters. The summed E-state index contributed by atoms with van der Waals surface area (Å²) in [4.78, 5) is 27.6. The van der Waals surface area contributed by atoms with Crippen LogP contribution in [-0.2, 0) is 10.3 Å². The minimum absolute atomic E-state index is 0.0615. The molecule has 0 saturated carbocycles. The molecule has 37 heavy (non-hydrogen) atoms. The molecule has 0 radical (unpaired) electrons. The summed E-state index contributed by atoms with van der Waals surface area (Å²) in [5.41, 5.74) is 1.75. The van der Waals surface area contributed by atoms with Gasteiger partial charge in [0.25, 0.3) is 0 Å². The van der Waals surface area contributed by atoms with E-state index in [-0.39, 0.29) is 18.1 Å². The molecular formula is C28H36ClN5O3. The molecule has 2 atom stereocenters. The van der Waals surface area contributed by atoms with E-state index in [4.69, 9.17) is 16.3 Å². The third-order valence-corrected chi connectivity index (χ3v) is 6.83. The molecule has 1 aromatic carbocycles. The number of nitrogens with zero attached hydrogens (tertiary/aromatic N) is 4. The summed E-state index contributed by atoms with van der Waals surface area (Å²) in [6.07, 6.45) is 6.74. The first-order valence-electron chi connectivity index (χ1n) is 12.7. The van der Waals surface area contributed by atoms with Crippen molar-refractivity contribution in [3.63, 3.8) is 0 Å². The maximum Gasteiger partial charge on any atom is 0.410 e. The topological polar surface area (TPSA) is 100 Å². The fourth-order valence-corrected chi connectivity index (χ4v) is 4.75. The molecule has 1 aliphatic heterocycles. The lowest BCUT2D eigenvalue weighted by molar-refractivity contribution is 0.0159. The van der Waals surface area contributed by atoms with Crippen molar-refractivity contribution in [3.8, 4) is 11.1 Å². The Labute approximate surface area is 223 Å². The number of aliphatic hydroxyl groups is 1. The van der Waals surface area contributed by atoms with Crippen LogP contribution in [0, 0.1) is 5.92 Å². The van der Waals surface area contributed by atoms with Gasteiger partial charge < -0.3 is 20.1 Å². The number of nitrogens with one attached hydrogen (secondary N) is 1. The highest BCUT2D eigenvalue weighted by Gasteiger charge is 2.30. The third-order valence-electron chi connectivity index (χ3n) is 6.54. The first-order chi connectivity index (χ1) is 17.3. The number of aromatic nitrogens is 3. The molecule has 3 heterocycles. The second-order valence-electron chi connectivity index (χ2n) is 11.3. The van der Waals surface area contributed by atoms with Crippen LogP contribution < -0.4 is 5.32 Å². The van der Waals surface area contributed by atoms with Crippen LogP contribution in [0.1, 0.15) is 60.2 Å². The van der Waals surface area contributed by atoms with Gasteiger partial charge in [0.05, 0.1) is 16.2 Å². The Morgan fingerprint density at radius 2 is 1.84 bits per heavy atom. The van der Waals surface area contributed by atoms with Crippen molar-refractivity contribution < 1.29 is 14.6 Å². The molecule has 2 N–H and O–H groups in total. The molecule has 9 heteroatoms. The summed E-state index contributed by atoms with van der Waals surface area (Å²) >= 11 is 6.65. The molecule has 198 valence electrons. The van der Waals surface area contributed by atoms with Crippen LogP contribution >= 0.6 is 11.6 Å². The second-order valence-corrected chi connectivity index (χ2v) is 11.7. The van der Waals surface area contributed by atoms with Crippen molar-refractivity contribution in [1.82, 2.24) is 19.9 Å². The molecule has 3 aromatic rings. The second kappa shape index (κ2) is 10.4. The van der Waals surface area contributed by atoms with Gasteiger partial charge in [-0.2, -0.15) is 0 Å². The number of carbonyl (C=O) groups is 1. The van der Waals surface area contributed by atoms with Gasteiger partial charge in [0.15, 0.2) is 5.82 Å². The monoisotopic (exact) mass is 525 g/mol. The van der Waals surface area contributed by atoms with E-state index in [1.165, 1.54) is 0 Å². The molecule has 2 aromatic heterocycles. The van der Waals surface area contributed by atoms with Gasteiger partial charge in [-0.15, -0.1) is 0 Å². The number of benzene rings is 1. The number of carbonyl (C=O) groups excluding carboxylic acids is 1. The van der Waals surface area contributed by atoms with Crippen LogP contribution in [0.5, 0.6) is 0 Å². The van der Waals surface area contributed by atoms with Gasteiger partial charge in [0.1, 0.15) is 11.2 Å². The zero-order valence-electron chi connectivity index (χ0n) is 22.4. The van der Waals surface area contributed by atoms with Crippen molar-refractivity contribution in [2.45, 2.75) is 71.6 Å². The van der Waals surface area contributed by atoms with Gasteiger partial charge in [0, 0.05) is 48.7 Å². The van der Waals surface area contributed by atoms with Crippen LogP contribution in [0.4, 0.5) is 10.5 Å². The van der Waals surface area contributed by atoms with Crippen LogP contribution in [0.2, 0.25) is 5.02 Å². The molecule has 1 saturated heterocycles. The van der Waals surface area contributed by atoms with Crippen LogP contribution in [-0.4, -0.2) is 55.8 Å². The molecule has 0 aliphatic carbocycles. The Morgan fingerprint density at radius 3 is 2.49 bits per heavy atom. The number of ether oxygens (including phenoxy) is 1. The number of pyridine rings is 1. The van der Waals surface area contributed by atoms with Crippen LogP contribution in [0.15, 0.2) is 36.8 Å². The number of hydrogen-bond donors (Lipinski definition) is 2. The van der Waals surface area contributed by atoms with E-state index in [0.29, 0.717) is 23.9 Å². The maximum absolute atomic E-state index is 12.6. The highest BCUT2D eigenvalue weighted by Crippen LogP contribution is 2.35. The Kier molecular flexibility index (Phi) is 7.62. The zero-order chi connectivity index (χ0) is 27.0. The van der Waals surface area contributed by atoms with Crippen LogP contribution in [0.3, 0.4) is 0 Å². The Balaban J connectivity index is 1.57. The zero-order valence-corrected chi connectivity index (χ0v) is 23.1. The molecule has 0 spiro atoms. The highest BCUT2D eigenvalue weighted by atomic mass is 35.5. The average Bonchev–Trinajstić information content (AvgIpc) is 2.84. The number of rotatable bonds is 5. The van der Waals surface area contributed by atoms with E-state index in [1.54, 1.807) is 37.3 Å². The highest BCUT2D eigenvalue weighted by molar-refractivity contribution is 6.34. The first-order valence-corrected chi connectivity index (χ1v) is 13.1. The number of piperidine rings is 1. The molecule has 1 fully saturated rings.